The van der Waals surface area contributed by atoms with Crippen molar-refractivity contribution in [2.75, 3.05) is 11.9 Å². The average molecular weight is 273 g/mol. The Balaban J connectivity index is 2.12. The lowest BCUT2D eigenvalue weighted by Gasteiger charge is -2.17. The Morgan fingerprint density at radius 2 is 2.00 bits per heavy atom. The van der Waals surface area contributed by atoms with Gasteiger partial charge in [0.2, 0.25) is 0 Å². The summed E-state index contributed by atoms with van der Waals surface area (Å²) in [6.07, 6.45) is 0. The highest BCUT2D eigenvalue weighted by Crippen LogP contribution is 2.23. The quantitative estimate of drug-likeness (QED) is 0.852. The van der Waals surface area contributed by atoms with Crippen LogP contribution in [0.3, 0.4) is 0 Å². The van der Waals surface area contributed by atoms with Crippen molar-refractivity contribution in [1.29, 1.82) is 0 Å². The molecule has 0 aromatic heterocycles. The molecule has 0 spiro atoms. The number of benzene rings is 2. The van der Waals surface area contributed by atoms with E-state index >= 15 is 0 Å². The molecule has 3 heteroatoms. The Morgan fingerprint density at radius 1 is 1.20 bits per heavy atom. The lowest BCUT2D eigenvalue weighted by molar-refractivity contribution is 0.340. The van der Waals surface area contributed by atoms with Crippen LogP contribution < -0.4 is 10.1 Å². The van der Waals surface area contributed by atoms with Crippen LogP contribution in [0.5, 0.6) is 5.75 Å². The summed E-state index contributed by atoms with van der Waals surface area (Å²) in [4.78, 5) is 0. The first-order valence-corrected chi connectivity index (χ1v) is 6.85. The fraction of sp³-hybridized carbons (Fsp3) is 0.294. The van der Waals surface area contributed by atoms with Crippen molar-refractivity contribution in [3.05, 3.63) is 59.4 Å². The van der Waals surface area contributed by atoms with E-state index in [1.807, 2.05) is 44.2 Å². The highest BCUT2D eigenvalue weighted by Gasteiger charge is 2.08. The molecule has 2 aromatic carbocycles. The number of anilines is 1. The Hall–Kier alpha value is -2.03. The summed E-state index contributed by atoms with van der Waals surface area (Å²) >= 11 is 0. The minimum Gasteiger partial charge on any atom is -0.494 e. The van der Waals surface area contributed by atoms with Crippen LogP contribution in [-0.2, 0) is 0 Å². The van der Waals surface area contributed by atoms with Gasteiger partial charge in [0, 0.05) is 17.8 Å². The van der Waals surface area contributed by atoms with Crippen LogP contribution >= 0.6 is 0 Å². The Morgan fingerprint density at radius 3 is 2.70 bits per heavy atom. The van der Waals surface area contributed by atoms with Crippen molar-refractivity contribution in [3.63, 3.8) is 0 Å². The SMILES string of the molecule is CCOc1cccc(NC(C)c2ccc(C)c(F)c2)c1. The first-order valence-electron chi connectivity index (χ1n) is 6.85. The molecule has 0 saturated carbocycles. The average Bonchev–Trinajstić information content (AvgIpc) is 2.42. The van der Waals surface area contributed by atoms with E-state index in [0.29, 0.717) is 12.2 Å². The van der Waals surface area contributed by atoms with Gasteiger partial charge in [0.1, 0.15) is 11.6 Å². The van der Waals surface area contributed by atoms with Gasteiger partial charge in [-0.1, -0.05) is 18.2 Å². The van der Waals surface area contributed by atoms with Crippen LogP contribution in [0.1, 0.15) is 31.0 Å². The van der Waals surface area contributed by atoms with Crippen LogP contribution in [0.25, 0.3) is 0 Å². The third-order valence-corrected chi connectivity index (χ3v) is 3.22. The van der Waals surface area contributed by atoms with Gasteiger partial charge in [0.05, 0.1) is 6.61 Å². The lowest BCUT2D eigenvalue weighted by Crippen LogP contribution is -2.07. The zero-order valence-corrected chi connectivity index (χ0v) is 12.1. The molecule has 0 aliphatic carbocycles. The van der Waals surface area contributed by atoms with E-state index in [1.165, 1.54) is 0 Å². The molecule has 106 valence electrons. The van der Waals surface area contributed by atoms with Crippen molar-refractivity contribution in [2.24, 2.45) is 0 Å². The standard InChI is InChI=1S/C17H20FNO/c1-4-20-16-7-5-6-15(11-16)19-13(3)14-9-8-12(2)17(18)10-14/h5-11,13,19H,4H2,1-3H3. The third kappa shape index (κ3) is 3.50. The van der Waals surface area contributed by atoms with Gasteiger partial charge in [-0.2, -0.15) is 0 Å². The van der Waals surface area contributed by atoms with E-state index in [-0.39, 0.29) is 11.9 Å². The van der Waals surface area contributed by atoms with Gasteiger partial charge >= 0.3 is 0 Å². The van der Waals surface area contributed by atoms with Crippen LogP contribution in [0.4, 0.5) is 10.1 Å². The van der Waals surface area contributed by atoms with Gasteiger partial charge in [-0.25, -0.2) is 4.39 Å². The van der Waals surface area contributed by atoms with Crippen LogP contribution in [0.2, 0.25) is 0 Å². The summed E-state index contributed by atoms with van der Waals surface area (Å²) in [5.74, 6) is 0.666. The van der Waals surface area contributed by atoms with Crippen molar-refractivity contribution < 1.29 is 9.13 Å². The van der Waals surface area contributed by atoms with E-state index in [2.05, 4.69) is 5.32 Å². The summed E-state index contributed by atoms with van der Waals surface area (Å²) in [5, 5.41) is 3.36. The molecular formula is C17H20FNO. The predicted octanol–water partition coefficient (Wildman–Crippen LogP) is 4.71. The molecule has 0 aliphatic rings. The lowest BCUT2D eigenvalue weighted by atomic mass is 10.1. The normalized spacial score (nSPS) is 12.0. The molecule has 1 atom stereocenters. The number of hydrogen-bond acceptors (Lipinski definition) is 2. The summed E-state index contributed by atoms with van der Waals surface area (Å²) in [7, 11) is 0. The molecule has 2 rings (SSSR count). The molecule has 0 saturated heterocycles. The van der Waals surface area contributed by atoms with E-state index in [0.717, 1.165) is 17.0 Å². The number of nitrogens with one attached hydrogen (secondary N) is 1. The van der Waals surface area contributed by atoms with Crippen LogP contribution in [0, 0.1) is 12.7 Å². The fourth-order valence-electron chi connectivity index (χ4n) is 2.05. The number of ether oxygens (including phenoxy) is 1. The van der Waals surface area contributed by atoms with E-state index in [4.69, 9.17) is 4.74 Å². The maximum Gasteiger partial charge on any atom is 0.126 e. The Labute approximate surface area is 119 Å². The molecule has 0 bridgehead atoms. The smallest absolute Gasteiger partial charge is 0.126 e. The number of hydrogen-bond donors (Lipinski definition) is 1. The van der Waals surface area contributed by atoms with Gasteiger partial charge in [-0.05, 0) is 50.1 Å². The second-order valence-electron chi connectivity index (χ2n) is 4.84. The van der Waals surface area contributed by atoms with Gasteiger partial charge in [0.15, 0.2) is 0 Å². The minimum absolute atomic E-state index is 0.0296. The van der Waals surface area contributed by atoms with Crippen molar-refractivity contribution >= 4 is 5.69 Å². The molecule has 0 amide bonds. The van der Waals surface area contributed by atoms with Crippen LogP contribution in [0.15, 0.2) is 42.5 Å². The second-order valence-corrected chi connectivity index (χ2v) is 4.84. The van der Waals surface area contributed by atoms with E-state index in [9.17, 15) is 4.39 Å². The van der Waals surface area contributed by atoms with Crippen molar-refractivity contribution in [2.45, 2.75) is 26.8 Å². The maximum absolute atomic E-state index is 13.6. The molecule has 0 fully saturated rings. The molecule has 20 heavy (non-hydrogen) atoms. The number of halogens is 1. The largest absolute Gasteiger partial charge is 0.494 e. The maximum atomic E-state index is 13.6. The second kappa shape index (κ2) is 6.42. The van der Waals surface area contributed by atoms with Gasteiger partial charge in [-0.15, -0.1) is 0 Å². The van der Waals surface area contributed by atoms with Gasteiger partial charge < -0.3 is 10.1 Å². The summed E-state index contributed by atoms with van der Waals surface area (Å²) in [6.45, 7) is 6.38. The molecule has 0 aliphatic heterocycles. The van der Waals surface area contributed by atoms with Crippen LogP contribution in [-0.4, -0.2) is 6.61 Å². The summed E-state index contributed by atoms with van der Waals surface area (Å²) in [5.41, 5.74) is 2.55. The van der Waals surface area contributed by atoms with Gasteiger partial charge in [0.25, 0.3) is 0 Å². The molecule has 1 N–H and O–H groups in total. The molecule has 0 heterocycles. The van der Waals surface area contributed by atoms with E-state index < -0.39 is 0 Å². The molecule has 2 nitrogen and oxygen atoms in total. The molecule has 0 radical (unpaired) electrons. The first kappa shape index (κ1) is 14.4. The highest BCUT2D eigenvalue weighted by molar-refractivity contribution is 5.49. The topological polar surface area (TPSA) is 21.3 Å². The summed E-state index contributed by atoms with van der Waals surface area (Å²) < 4.78 is 19.1. The van der Waals surface area contributed by atoms with Gasteiger partial charge in [-0.3, -0.25) is 0 Å². The Kier molecular flexibility index (Phi) is 4.61. The third-order valence-electron chi connectivity index (χ3n) is 3.22. The zero-order valence-electron chi connectivity index (χ0n) is 12.1. The Bertz CT molecular complexity index is 583. The van der Waals surface area contributed by atoms with E-state index in [1.54, 1.807) is 19.1 Å². The molecule has 1 unspecified atom stereocenters. The first-order chi connectivity index (χ1) is 9.60. The molecular weight excluding hydrogens is 253 g/mol. The highest BCUT2D eigenvalue weighted by atomic mass is 19.1. The zero-order chi connectivity index (χ0) is 14.5. The number of aryl methyl sites for hydroxylation is 1. The fourth-order valence-corrected chi connectivity index (χ4v) is 2.05. The minimum atomic E-state index is -0.167. The van der Waals surface area contributed by atoms with Crippen molar-refractivity contribution in [1.82, 2.24) is 0 Å². The van der Waals surface area contributed by atoms with Crippen molar-refractivity contribution in [3.8, 4) is 5.75 Å². The molecule has 2 aromatic rings. The number of rotatable bonds is 5. The predicted molar refractivity (Wildman–Crippen MR) is 80.8 cm³/mol. The summed E-state index contributed by atoms with van der Waals surface area (Å²) in [6, 6.07) is 13.2. The monoisotopic (exact) mass is 273 g/mol.